The zero-order chi connectivity index (χ0) is 17.0. The second kappa shape index (κ2) is 7.55. The van der Waals surface area contributed by atoms with Gasteiger partial charge in [0.05, 0.1) is 12.0 Å². The summed E-state index contributed by atoms with van der Waals surface area (Å²) < 4.78 is 18.4. The van der Waals surface area contributed by atoms with Crippen molar-refractivity contribution < 1.29 is 23.8 Å². The Kier molecular flexibility index (Phi) is 5.71. The van der Waals surface area contributed by atoms with E-state index in [1.165, 1.54) is 12.1 Å². The monoisotopic (exact) mass is 323 g/mol. The average Bonchev–Trinajstić information content (AvgIpc) is 2.49. The number of carbonyl (C=O) groups is 2. The summed E-state index contributed by atoms with van der Waals surface area (Å²) in [6, 6.07) is 3.72. The standard InChI is InChI=1S/C17H22FNO4/c1-11-10-12(18)4-5-13(11)16-14(17(21)22)6-7-15(20)19(16)8-3-9-23-2/h4-5,10,14,16H,3,6-9H2,1-2H3,(H,21,22). The summed E-state index contributed by atoms with van der Waals surface area (Å²) in [5.41, 5.74) is 1.36. The smallest absolute Gasteiger partial charge is 0.308 e. The molecule has 2 unspecified atom stereocenters. The molecule has 1 aliphatic heterocycles. The molecule has 0 saturated carbocycles. The molecule has 0 aliphatic carbocycles. The average molecular weight is 323 g/mol. The number of carboxylic acid groups (broad SMARTS) is 1. The molecule has 1 amide bonds. The van der Waals surface area contributed by atoms with Gasteiger partial charge >= 0.3 is 5.97 Å². The number of halogens is 1. The summed E-state index contributed by atoms with van der Waals surface area (Å²) in [6.07, 6.45) is 1.16. The van der Waals surface area contributed by atoms with Gasteiger partial charge in [0.1, 0.15) is 5.82 Å². The minimum atomic E-state index is -0.928. The van der Waals surface area contributed by atoms with Gasteiger partial charge in [-0.1, -0.05) is 6.07 Å². The van der Waals surface area contributed by atoms with Crippen molar-refractivity contribution in [1.82, 2.24) is 4.90 Å². The van der Waals surface area contributed by atoms with E-state index in [1.54, 1.807) is 25.0 Å². The second-order valence-electron chi connectivity index (χ2n) is 5.86. The number of carbonyl (C=O) groups excluding carboxylic acids is 1. The van der Waals surface area contributed by atoms with Crippen LogP contribution in [0.25, 0.3) is 0 Å². The number of piperidine rings is 1. The molecule has 126 valence electrons. The molecule has 2 atom stereocenters. The summed E-state index contributed by atoms with van der Waals surface area (Å²) in [5.74, 6) is -2.04. The number of ether oxygens (including phenoxy) is 1. The van der Waals surface area contributed by atoms with E-state index in [0.717, 1.165) is 0 Å². The highest BCUT2D eigenvalue weighted by atomic mass is 19.1. The fraction of sp³-hybridized carbons (Fsp3) is 0.529. The lowest BCUT2D eigenvalue weighted by atomic mass is 9.82. The van der Waals surface area contributed by atoms with E-state index in [9.17, 15) is 19.1 Å². The molecule has 6 heteroatoms. The van der Waals surface area contributed by atoms with Crippen molar-refractivity contribution in [3.05, 3.63) is 35.1 Å². The van der Waals surface area contributed by atoms with E-state index >= 15 is 0 Å². The van der Waals surface area contributed by atoms with E-state index in [1.807, 2.05) is 0 Å². The molecular weight excluding hydrogens is 301 g/mol. The van der Waals surface area contributed by atoms with E-state index in [-0.39, 0.29) is 18.1 Å². The van der Waals surface area contributed by atoms with Gasteiger partial charge in [-0.25, -0.2) is 4.39 Å². The van der Waals surface area contributed by atoms with Crippen LogP contribution in [0.2, 0.25) is 0 Å². The molecule has 1 fully saturated rings. The van der Waals surface area contributed by atoms with Crippen molar-refractivity contribution >= 4 is 11.9 Å². The first-order valence-corrected chi connectivity index (χ1v) is 7.73. The first kappa shape index (κ1) is 17.4. The van der Waals surface area contributed by atoms with Crippen molar-refractivity contribution in [1.29, 1.82) is 0 Å². The van der Waals surface area contributed by atoms with Gasteiger partial charge in [-0.15, -0.1) is 0 Å². The number of aliphatic carboxylic acids is 1. The summed E-state index contributed by atoms with van der Waals surface area (Å²) in [7, 11) is 1.58. The number of amides is 1. The zero-order valence-electron chi connectivity index (χ0n) is 13.4. The van der Waals surface area contributed by atoms with Crippen LogP contribution in [0.4, 0.5) is 4.39 Å². The van der Waals surface area contributed by atoms with Crippen molar-refractivity contribution in [2.24, 2.45) is 5.92 Å². The Balaban J connectivity index is 2.38. The fourth-order valence-electron chi connectivity index (χ4n) is 3.21. The van der Waals surface area contributed by atoms with E-state index in [4.69, 9.17) is 4.74 Å². The van der Waals surface area contributed by atoms with Gasteiger partial charge in [-0.05, 0) is 43.0 Å². The van der Waals surface area contributed by atoms with Crippen LogP contribution >= 0.6 is 0 Å². The van der Waals surface area contributed by atoms with Crippen molar-refractivity contribution in [3.8, 4) is 0 Å². The molecule has 5 nitrogen and oxygen atoms in total. The van der Waals surface area contributed by atoms with Gasteiger partial charge in [-0.3, -0.25) is 9.59 Å². The number of nitrogens with zero attached hydrogens (tertiary/aromatic N) is 1. The molecule has 1 aromatic carbocycles. The number of rotatable bonds is 6. The van der Waals surface area contributed by atoms with Crippen LogP contribution in [-0.2, 0) is 14.3 Å². The van der Waals surface area contributed by atoms with Crippen LogP contribution in [0, 0.1) is 18.7 Å². The minimum Gasteiger partial charge on any atom is -0.481 e. The van der Waals surface area contributed by atoms with Gasteiger partial charge < -0.3 is 14.7 Å². The Labute approximate surface area is 135 Å². The number of aryl methyl sites for hydroxylation is 1. The summed E-state index contributed by atoms with van der Waals surface area (Å²) in [5, 5.41) is 9.55. The van der Waals surface area contributed by atoms with E-state index in [0.29, 0.717) is 37.1 Å². The molecule has 1 heterocycles. The molecule has 0 spiro atoms. The first-order valence-electron chi connectivity index (χ1n) is 7.73. The molecule has 0 radical (unpaired) electrons. The maximum Gasteiger partial charge on any atom is 0.308 e. The van der Waals surface area contributed by atoms with Gasteiger partial charge in [0.15, 0.2) is 0 Å². The number of hydrogen-bond acceptors (Lipinski definition) is 3. The molecule has 23 heavy (non-hydrogen) atoms. The molecule has 0 aromatic heterocycles. The molecule has 1 saturated heterocycles. The van der Waals surface area contributed by atoms with E-state index in [2.05, 4.69) is 0 Å². The Morgan fingerprint density at radius 1 is 1.48 bits per heavy atom. The Morgan fingerprint density at radius 3 is 2.83 bits per heavy atom. The third-order valence-electron chi connectivity index (χ3n) is 4.32. The lowest BCUT2D eigenvalue weighted by molar-refractivity contribution is -0.152. The summed E-state index contributed by atoms with van der Waals surface area (Å²) >= 11 is 0. The van der Waals surface area contributed by atoms with Gasteiger partial charge in [0, 0.05) is 26.7 Å². The highest BCUT2D eigenvalue weighted by molar-refractivity contribution is 5.82. The third kappa shape index (κ3) is 3.88. The third-order valence-corrected chi connectivity index (χ3v) is 4.32. The molecule has 1 aliphatic rings. The van der Waals surface area contributed by atoms with Crippen LogP contribution in [0.15, 0.2) is 18.2 Å². The Hall–Kier alpha value is -1.95. The van der Waals surface area contributed by atoms with Gasteiger partial charge in [-0.2, -0.15) is 0 Å². The quantitative estimate of drug-likeness (QED) is 0.817. The van der Waals surface area contributed by atoms with Crippen molar-refractivity contribution in [2.45, 2.75) is 32.2 Å². The molecule has 2 rings (SSSR count). The first-order chi connectivity index (χ1) is 11.0. The Morgan fingerprint density at radius 2 is 2.22 bits per heavy atom. The van der Waals surface area contributed by atoms with Crippen LogP contribution in [0.3, 0.4) is 0 Å². The number of hydrogen-bond donors (Lipinski definition) is 1. The number of carboxylic acids is 1. The summed E-state index contributed by atoms with van der Waals surface area (Å²) in [4.78, 5) is 25.6. The molecular formula is C17H22FNO4. The van der Waals surface area contributed by atoms with Crippen molar-refractivity contribution in [2.75, 3.05) is 20.3 Å². The highest BCUT2D eigenvalue weighted by Crippen LogP contribution is 2.38. The van der Waals surface area contributed by atoms with Gasteiger partial charge in [0.25, 0.3) is 0 Å². The Bertz CT molecular complexity index is 590. The minimum absolute atomic E-state index is 0.0627. The maximum atomic E-state index is 13.4. The second-order valence-corrected chi connectivity index (χ2v) is 5.86. The van der Waals surface area contributed by atoms with E-state index < -0.39 is 17.9 Å². The fourth-order valence-corrected chi connectivity index (χ4v) is 3.21. The number of benzene rings is 1. The maximum absolute atomic E-state index is 13.4. The predicted octanol–water partition coefficient (Wildman–Crippen LogP) is 2.53. The number of methoxy groups -OCH3 is 1. The lowest BCUT2D eigenvalue weighted by Gasteiger charge is -2.40. The summed E-state index contributed by atoms with van der Waals surface area (Å²) in [6.45, 7) is 2.66. The zero-order valence-corrected chi connectivity index (χ0v) is 13.4. The number of likely N-dealkylation sites (tertiary alicyclic amines) is 1. The SMILES string of the molecule is COCCCN1C(=O)CCC(C(=O)O)C1c1ccc(F)cc1C. The predicted molar refractivity (Wildman–Crippen MR) is 82.4 cm³/mol. The van der Waals surface area contributed by atoms with Crippen LogP contribution < -0.4 is 0 Å². The lowest BCUT2D eigenvalue weighted by Crippen LogP contribution is -2.46. The normalized spacial score (nSPS) is 21.5. The van der Waals surface area contributed by atoms with Crippen LogP contribution in [0.5, 0.6) is 0 Å². The molecule has 0 bridgehead atoms. The van der Waals surface area contributed by atoms with Crippen molar-refractivity contribution in [3.63, 3.8) is 0 Å². The molecule has 1 aromatic rings. The van der Waals surface area contributed by atoms with Crippen LogP contribution in [0.1, 0.15) is 36.4 Å². The molecule has 1 N–H and O–H groups in total. The van der Waals surface area contributed by atoms with Crippen LogP contribution in [-0.4, -0.2) is 42.1 Å². The largest absolute Gasteiger partial charge is 0.481 e. The van der Waals surface area contributed by atoms with Gasteiger partial charge in [0.2, 0.25) is 5.91 Å². The topological polar surface area (TPSA) is 66.8 Å². The highest BCUT2D eigenvalue weighted by Gasteiger charge is 2.40.